The Balaban J connectivity index is 1.38. The topological polar surface area (TPSA) is 71.5 Å². The van der Waals surface area contributed by atoms with Crippen LogP contribution in [0.25, 0.3) is 0 Å². The van der Waals surface area contributed by atoms with Crippen LogP contribution in [0, 0.1) is 5.92 Å². The molecule has 4 rings (SSSR count). The van der Waals surface area contributed by atoms with Gasteiger partial charge >= 0.3 is 0 Å². The summed E-state index contributed by atoms with van der Waals surface area (Å²) in [5.41, 5.74) is 0.642. The Morgan fingerprint density at radius 2 is 1.68 bits per heavy atom. The maximum Gasteiger partial charge on any atom is 0.251 e. The zero-order valence-electron chi connectivity index (χ0n) is 14.4. The molecule has 2 amide bonds. The van der Waals surface area contributed by atoms with Gasteiger partial charge in [-0.15, -0.1) is 0 Å². The van der Waals surface area contributed by atoms with Crippen LogP contribution in [0.1, 0.15) is 48.9 Å². The molecule has 1 N–H and O–H groups in total. The Bertz CT molecular complexity index is 616. The summed E-state index contributed by atoms with van der Waals surface area (Å²) in [5, 5.41) is 3.15. The number of amides is 2. The lowest BCUT2D eigenvalue weighted by molar-refractivity contribution is -0.143. The van der Waals surface area contributed by atoms with E-state index in [-0.39, 0.29) is 30.0 Å². The lowest BCUT2D eigenvalue weighted by Gasteiger charge is -2.41. The van der Waals surface area contributed by atoms with Crippen LogP contribution in [-0.2, 0) is 9.53 Å². The van der Waals surface area contributed by atoms with Crippen molar-refractivity contribution in [3.8, 4) is 0 Å². The molecule has 25 heavy (non-hydrogen) atoms. The summed E-state index contributed by atoms with van der Waals surface area (Å²) < 4.78 is 5.39. The summed E-state index contributed by atoms with van der Waals surface area (Å²) in [4.78, 5) is 31.4. The average molecular weight is 343 g/mol. The van der Waals surface area contributed by atoms with Crippen LogP contribution in [0.3, 0.4) is 0 Å². The first-order valence-electron chi connectivity index (χ1n) is 9.33. The molecule has 3 atom stereocenters. The Morgan fingerprint density at radius 1 is 1.04 bits per heavy atom. The third-order valence-electron chi connectivity index (χ3n) is 5.84. The van der Waals surface area contributed by atoms with Crippen LogP contribution in [0.2, 0.25) is 0 Å². The van der Waals surface area contributed by atoms with Crippen molar-refractivity contribution in [3.05, 3.63) is 30.1 Å². The van der Waals surface area contributed by atoms with Crippen molar-refractivity contribution in [1.82, 2.24) is 15.2 Å². The molecule has 1 aromatic rings. The number of nitrogens with one attached hydrogen (secondary N) is 1. The summed E-state index contributed by atoms with van der Waals surface area (Å²) in [5.74, 6) is 0.394. The Labute approximate surface area is 147 Å². The van der Waals surface area contributed by atoms with E-state index in [1.54, 1.807) is 24.5 Å². The van der Waals surface area contributed by atoms with Crippen LogP contribution in [0.15, 0.2) is 24.5 Å². The zero-order chi connectivity index (χ0) is 17.2. The van der Waals surface area contributed by atoms with Crippen molar-refractivity contribution in [3.63, 3.8) is 0 Å². The van der Waals surface area contributed by atoms with E-state index in [0.29, 0.717) is 24.7 Å². The van der Waals surface area contributed by atoms with Crippen molar-refractivity contribution in [2.75, 3.05) is 13.2 Å². The molecule has 134 valence electrons. The van der Waals surface area contributed by atoms with Gasteiger partial charge in [0.25, 0.3) is 5.91 Å². The molecule has 2 bridgehead atoms. The molecule has 1 unspecified atom stereocenters. The molecule has 3 saturated heterocycles. The first kappa shape index (κ1) is 16.5. The van der Waals surface area contributed by atoms with Crippen LogP contribution >= 0.6 is 0 Å². The molecular formula is C19H25N3O3. The minimum atomic E-state index is -0.0454. The minimum Gasteiger partial charge on any atom is -0.381 e. The van der Waals surface area contributed by atoms with Gasteiger partial charge in [-0.1, -0.05) is 0 Å². The second-order valence-electron chi connectivity index (χ2n) is 7.39. The number of hydrogen-bond acceptors (Lipinski definition) is 4. The van der Waals surface area contributed by atoms with Gasteiger partial charge in [-0.2, -0.15) is 0 Å². The predicted molar refractivity (Wildman–Crippen MR) is 91.9 cm³/mol. The number of pyridine rings is 1. The van der Waals surface area contributed by atoms with Crippen molar-refractivity contribution in [2.45, 2.75) is 56.7 Å². The average Bonchev–Trinajstić information content (AvgIpc) is 2.93. The SMILES string of the molecule is O=C(NC1C[C@H]2CC[C@@H](C1)N2C(=O)C1CCOCC1)c1ccncc1. The molecule has 3 aliphatic heterocycles. The molecule has 0 aromatic carbocycles. The van der Waals surface area contributed by atoms with Crippen molar-refractivity contribution >= 4 is 11.8 Å². The number of piperidine rings is 1. The predicted octanol–water partition coefficient (Wildman–Crippen LogP) is 1.76. The van der Waals surface area contributed by atoms with E-state index in [1.807, 2.05) is 0 Å². The summed E-state index contributed by atoms with van der Waals surface area (Å²) in [6.07, 6.45) is 8.79. The van der Waals surface area contributed by atoms with E-state index in [9.17, 15) is 9.59 Å². The van der Waals surface area contributed by atoms with E-state index in [4.69, 9.17) is 4.74 Å². The quantitative estimate of drug-likeness (QED) is 0.908. The minimum absolute atomic E-state index is 0.0454. The number of fused-ring (bicyclic) bond motifs is 2. The van der Waals surface area contributed by atoms with E-state index in [1.165, 1.54) is 0 Å². The highest BCUT2D eigenvalue weighted by atomic mass is 16.5. The molecule has 4 heterocycles. The molecule has 6 heteroatoms. The molecule has 0 aliphatic carbocycles. The maximum atomic E-state index is 12.9. The summed E-state index contributed by atoms with van der Waals surface area (Å²) in [7, 11) is 0. The van der Waals surface area contributed by atoms with E-state index in [2.05, 4.69) is 15.2 Å². The highest BCUT2D eigenvalue weighted by Gasteiger charge is 2.45. The van der Waals surface area contributed by atoms with Crippen molar-refractivity contribution < 1.29 is 14.3 Å². The lowest BCUT2D eigenvalue weighted by Crippen LogP contribution is -2.54. The number of aromatic nitrogens is 1. The van der Waals surface area contributed by atoms with Gasteiger partial charge < -0.3 is 15.0 Å². The van der Waals surface area contributed by atoms with E-state index in [0.717, 1.165) is 38.5 Å². The van der Waals surface area contributed by atoms with Gasteiger partial charge in [0.15, 0.2) is 0 Å². The summed E-state index contributed by atoms with van der Waals surface area (Å²) >= 11 is 0. The molecule has 0 saturated carbocycles. The molecule has 3 fully saturated rings. The smallest absolute Gasteiger partial charge is 0.251 e. The number of carbonyl (C=O) groups is 2. The normalized spacial score (nSPS) is 29.4. The fourth-order valence-corrected chi connectivity index (χ4v) is 4.58. The van der Waals surface area contributed by atoms with Gasteiger partial charge in [-0.25, -0.2) is 0 Å². The Kier molecular flexibility index (Phi) is 4.70. The number of hydrogen-bond donors (Lipinski definition) is 1. The Morgan fingerprint density at radius 3 is 2.32 bits per heavy atom. The fourth-order valence-electron chi connectivity index (χ4n) is 4.58. The molecule has 6 nitrogen and oxygen atoms in total. The van der Waals surface area contributed by atoms with Gasteiger partial charge in [0, 0.05) is 55.2 Å². The standard InChI is InChI=1S/C19H25N3O3/c23-18(13-3-7-20-8-4-13)21-15-11-16-1-2-17(12-15)22(16)19(24)14-5-9-25-10-6-14/h3-4,7-8,14-17H,1-2,5-6,9-12H2,(H,21,23)/t15?,16-,17+. The lowest BCUT2D eigenvalue weighted by atomic mass is 9.92. The largest absolute Gasteiger partial charge is 0.381 e. The van der Waals surface area contributed by atoms with Crippen LogP contribution < -0.4 is 5.32 Å². The van der Waals surface area contributed by atoms with Gasteiger partial charge in [-0.3, -0.25) is 14.6 Å². The molecule has 1 aromatic heterocycles. The number of carbonyl (C=O) groups excluding carboxylic acids is 2. The van der Waals surface area contributed by atoms with Crippen molar-refractivity contribution in [2.24, 2.45) is 5.92 Å². The highest BCUT2D eigenvalue weighted by molar-refractivity contribution is 5.94. The van der Waals surface area contributed by atoms with Gasteiger partial charge in [-0.05, 0) is 50.7 Å². The molecular weight excluding hydrogens is 318 g/mol. The second-order valence-corrected chi connectivity index (χ2v) is 7.39. The van der Waals surface area contributed by atoms with Gasteiger partial charge in [0.2, 0.25) is 5.91 Å². The third kappa shape index (κ3) is 3.40. The molecule has 3 aliphatic rings. The maximum absolute atomic E-state index is 12.9. The van der Waals surface area contributed by atoms with Crippen LogP contribution in [-0.4, -0.2) is 53.0 Å². The molecule has 0 spiro atoms. The van der Waals surface area contributed by atoms with Gasteiger partial charge in [0.05, 0.1) is 0 Å². The summed E-state index contributed by atoms with van der Waals surface area (Å²) in [6.45, 7) is 1.40. The molecule has 0 radical (unpaired) electrons. The number of rotatable bonds is 3. The van der Waals surface area contributed by atoms with Crippen LogP contribution in [0.5, 0.6) is 0 Å². The number of nitrogens with zero attached hydrogens (tertiary/aromatic N) is 2. The highest BCUT2D eigenvalue weighted by Crippen LogP contribution is 2.37. The van der Waals surface area contributed by atoms with Crippen LogP contribution in [0.4, 0.5) is 0 Å². The van der Waals surface area contributed by atoms with E-state index >= 15 is 0 Å². The first-order valence-corrected chi connectivity index (χ1v) is 9.33. The third-order valence-corrected chi connectivity index (χ3v) is 5.84. The zero-order valence-corrected chi connectivity index (χ0v) is 14.4. The fraction of sp³-hybridized carbons (Fsp3) is 0.632. The monoisotopic (exact) mass is 343 g/mol. The van der Waals surface area contributed by atoms with Crippen molar-refractivity contribution in [1.29, 1.82) is 0 Å². The first-order chi connectivity index (χ1) is 12.2. The Hall–Kier alpha value is -1.95. The van der Waals surface area contributed by atoms with Gasteiger partial charge in [0.1, 0.15) is 0 Å². The summed E-state index contributed by atoms with van der Waals surface area (Å²) in [6, 6.07) is 4.16. The van der Waals surface area contributed by atoms with E-state index < -0.39 is 0 Å². The second kappa shape index (κ2) is 7.12. The number of ether oxygens (including phenoxy) is 1.